The Balaban J connectivity index is -0.0000000136. The van der Waals surface area contributed by atoms with Gasteiger partial charge in [0.05, 0.1) is 0 Å². The van der Waals surface area contributed by atoms with Crippen molar-refractivity contribution >= 4 is 34.1 Å². The van der Waals surface area contributed by atoms with Crippen LogP contribution in [-0.4, -0.2) is 0 Å². The van der Waals surface area contributed by atoms with Crippen LogP contribution < -0.4 is 415 Å². The molecule has 0 bridgehead atoms. The number of quaternary nitrogens is 6. The van der Waals surface area contributed by atoms with Gasteiger partial charge in [0.1, 0.15) is 34.1 Å². The molecule has 0 aliphatic heterocycles. The summed E-state index contributed by atoms with van der Waals surface area (Å²) in [6, 6.07) is 59.2. The van der Waals surface area contributed by atoms with Crippen molar-refractivity contribution in [2.24, 2.45) is 0 Å². The molecule has 18 N–H and O–H groups in total. The quantitative estimate of drug-likeness (QED) is 0.0854. The minimum Gasteiger partial charge on any atom is -1.00 e. The largest absolute Gasteiger partial charge is 1.00 e. The van der Waals surface area contributed by atoms with E-state index in [0.29, 0.717) is 0 Å². The van der Waals surface area contributed by atoms with E-state index in [0.717, 1.165) is 34.1 Å². The van der Waals surface area contributed by atoms with E-state index in [1.165, 1.54) is 0 Å². The van der Waals surface area contributed by atoms with Crippen molar-refractivity contribution in [3.8, 4) is 0 Å². The second kappa shape index (κ2) is 119. The highest BCUT2D eigenvalue weighted by atomic mass is 79.9. The summed E-state index contributed by atoms with van der Waals surface area (Å²) in [5.41, 5.74) is 28.8. The highest BCUT2D eigenvalue weighted by Gasteiger charge is 1.80. The van der Waals surface area contributed by atoms with Gasteiger partial charge in [0, 0.05) is 0 Å². The molecule has 408 valence electrons. The van der Waals surface area contributed by atoms with E-state index in [1.54, 1.807) is 0 Å². The molecule has 6 aromatic rings. The summed E-state index contributed by atoms with van der Waals surface area (Å²) in [7, 11) is 0. The SMILES string of the molecule is [Br-].[Br-].[Br-].[Br-].[Br-].[Br-].[Br-].[Br-].[Br-].[Br-].[Br-].[Br-].[Br-].[Br-].[Br-].[Br-].[Br-].[Br-].[Cl-].[Cl-].[Cl-].[Cl-].[Cl-].[Cl-].[NH3+]c1ccccc1.[NH3+]c1ccccc1.[NH3+]c1ccccc1.[NH3+]c1ccccc1.[NH3+]c1ccccc1.[NH3+]c1ccccc1. The molecule has 6 rings (SSSR count). The van der Waals surface area contributed by atoms with Gasteiger partial charge < -0.3 is 415 Å². The standard InChI is InChI=1S/6C6H7N.18BrH.6ClH/c6*7-6-4-2-1-3-5-6;;;;;;;;;;;;;;;;;;;;;;;;/h6*1-5H,7H2;24*1H/p-18. The van der Waals surface area contributed by atoms with Crippen LogP contribution in [0.5, 0.6) is 0 Å². The summed E-state index contributed by atoms with van der Waals surface area (Å²) in [5, 5.41) is 0. The molecule has 0 spiro atoms. The van der Waals surface area contributed by atoms with Gasteiger partial charge in [0.25, 0.3) is 0 Å². The third-order valence-corrected chi connectivity index (χ3v) is 5.06. The van der Waals surface area contributed by atoms with Crippen LogP contribution in [0.15, 0.2) is 182 Å². The van der Waals surface area contributed by atoms with Gasteiger partial charge in [-0.2, -0.15) is 0 Å². The van der Waals surface area contributed by atoms with Gasteiger partial charge in [-0.05, 0) is 72.8 Å². The zero-order valence-electron chi connectivity index (χ0n) is 33.6. The van der Waals surface area contributed by atoms with Crippen molar-refractivity contribution in [3.63, 3.8) is 0 Å². The Morgan fingerprint density at radius 3 is 0.227 bits per heavy atom. The van der Waals surface area contributed by atoms with Crippen LogP contribution >= 0.6 is 0 Å². The van der Waals surface area contributed by atoms with Gasteiger partial charge >= 0.3 is 0 Å². The molecule has 6 nitrogen and oxygen atoms in total. The fourth-order valence-electron chi connectivity index (χ4n) is 2.87. The monoisotopic (exact) mass is 2190 g/mol. The average Bonchev–Trinajstić information content (AvgIpc) is 3.01. The van der Waals surface area contributed by atoms with Crippen LogP contribution in [0.4, 0.5) is 34.1 Å². The zero-order valence-corrected chi connectivity index (χ0v) is 66.7. The normalized spacial score (nSPS) is 5.55. The van der Waals surface area contributed by atoms with Crippen LogP contribution in [-0.2, 0) is 0 Å². The topological polar surface area (TPSA) is 166 Å². The third kappa shape index (κ3) is 114. The van der Waals surface area contributed by atoms with Gasteiger partial charge in [-0.1, -0.05) is 109 Å². The van der Waals surface area contributed by atoms with Gasteiger partial charge in [-0.15, -0.1) is 0 Å². The Hall–Kier alpha value is 5.46. The lowest BCUT2D eigenvalue weighted by Crippen LogP contribution is -3.00. The van der Waals surface area contributed by atoms with Gasteiger partial charge in [0.2, 0.25) is 0 Å². The van der Waals surface area contributed by atoms with Gasteiger partial charge in [0.15, 0.2) is 0 Å². The number of halogens is 24. The summed E-state index contributed by atoms with van der Waals surface area (Å²) < 4.78 is 0. The van der Waals surface area contributed by atoms with Crippen molar-refractivity contribution in [1.82, 2.24) is 0 Å². The van der Waals surface area contributed by atoms with Crippen LogP contribution in [0.25, 0.3) is 0 Å². The second-order valence-electron chi connectivity index (χ2n) is 8.91. The van der Waals surface area contributed by atoms with Crippen LogP contribution in [0.3, 0.4) is 0 Å². The minimum atomic E-state index is 0. The molecule has 0 radical (unpaired) electrons. The molecule has 0 aromatic heterocycles. The van der Waals surface area contributed by atoms with Crippen molar-refractivity contribution in [3.05, 3.63) is 182 Å². The third-order valence-electron chi connectivity index (χ3n) is 5.06. The molecule has 0 fully saturated rings. The van der Waals surface area contributed by atoms with E-state index in [2.05, 4.69) is 34.4 Å². The lowest BCUT2D eigenvalue weighted by atomic mass is 10.3. The molecule has 30 heteroatoms. The molecule has 0 aliphatic carbocycles. The smallest absolute Gasteiger partial charge is 0.127 e. The number of rotatable bonds is 0. The van der Waals surface area contributed by atoms with Gasteiger partial charge in [-0.3, -0.25) is 0 Å². The first kappa shape index (κ1) is 158. The maximum Gasteiger partial charge on any atom is 0.127 e. The van der Waals surface area contributed by atoms with E-state index in [1.807, 2.05) is 182 Å². The molecule has 0 atom stereocenters. The first-order valence-electron chi connectivity index (χ1n) is 13.6. The highest BCUT2D eigenvalue weighted by molar-refractivity contribution is 5.28. The molecule has 66 heavy (non-hydrogen) atoms. The fraction of sp³-hybridized carbons (Fsp3) is 0. The summed E-state index contributed by atoms with van der Waals surface area (Å²) in [6.07, 6.45) is 0. The van der Waals surface area contributed by atoms with E-state index in [4.69, 9.17) is 0 Å². The summed E-state index contributed by atoms with van der Waals surface area (Å²) in [6.45, 7) is 0. The van der Waals surface area contributed by atoms with Crippen LogP contribution in [0.1, 0.15) is 0 Å². The Morgan fingerprint density at radius 1 is 0.136 bits per heavy atom. The van der Waals surface area contributed by atoms with Crippen molar-refractivity contribution < 1.29 is 415 Å². The Morgan fingerprint density at radius 2 is 0.197 bits per heavy atom. The van der Waals surface area contributed by atoms with E-state index < -0.39 is 0 Å². The van der Waals surface area contributed by atoms with Gasteiger partial charge in [-0.25, -0.2) is 0 Å². The first-order chi connectivity index (χ1) is 20.4. The molecular weight excluding hydrogens is 2170 g/mol. The lowest BCUT2D eigenvalue weighted by molar-refractivity contribution is -0.255. The summed E-state index contributed by atoms with van der Waals surface area (Å²) in [4.78, 5) is 0. The Kier molecular flexibility index (Phi) is 284. The van der Waals surface area contributed by atoms with Crippen molar-refractivity contribution in [2.75, 3.05) is 0 Å². The molecule has 0 saturated heterocycles. The Labute approximate surface area is 620 Å². The van der Waals surface area contributed by atoms with Crippen molar-refractivity contribution in [1.29, 1.82) is 0 Å². The van der Waals surface area contributed by atoms with E-state index in [-0.39, 0.29) is 380 Å². The second-order valence-corrected chi connectivity index (χ2v) is 8.91. The number of hydrogen-bond acceptors (Lipinski definition) is 0. The molecule has 0 heterocycles. The van der Waals surface area contributed by atoms with E-state index >= 15 is 0 Å². The lowest BCUT2D eigenvalue weighted by Gasteiger charge is -1.78. The van der Waals surface area contributed by atoms with Crippen LogP contribution in [0, 0.1) is 0 Å². The minimum absolute atomic E-state index is 0. The first-order valence-corrected chi connectivity index (χ1v) is 13.6. The number of benzene rings is 6. The molecule has 0 amide bonds. The summed E-state index contributed by atoms with van der Waals surface area (Å²) in [5.74, 6) is 0. The molecule has 0 aliphatic rings. The highest BCUT2D eigenvalue weighted by Crippen LogP contribution is 1.96. The van der Waals surface area contributed by atoms with E-state index in [9.17, 15) is 0 Å². The average molecular weight is 2220 g/mol. The molecular formula is C36H48Br18Cl6N6-18. The van der Waals surface area contributed by atoms with Crippen molar-refractivity contribution in [2.45, 2.75) is 0 Å². The Bertz CT molecular complexity index is 1180. The predicted octanol–water partition coefficient (Wildman–Crippen LogP) is -68.5. The zero-order chi connectivity index (χ0) is 30.7. The predicted molar refractivity (Wildman–Crippen MR) is 174 cm³/mol. The molecule has 6 aromatic carbocycles. The molecule has 0 saturated carbocycles. The molecule has 0 unspecified atom stereocenters. The maximum absolute atomic E-state index is 3.72. The fourth-order valence-corrected chi connectivity index (χ4v) is 2.87. The van der Waals surface area contributed by atoms with Crippen LogP contribution in [0.2, 0.25) is 0 Å². The number of hydrogen-bond donors (Lipinski definition) is 6. The maximum atomic E-state index is 3.72. The summed E-state index contributed by atoms with van der Waals surface area (Å²) >= 11 is 0.